The summed E-state index contributed by atoms with van der Waals surface area (Å²) in [4.78, 5) is 26.3. The number of carboxylic acid groups (broad SMARTS) is 1. The number of fused-ring (bicyclic) bond motifs is 5. The van der Waals surface area contributed by atoms with Crippen LogP contribution in [0.4, 0.5) is 0 Å². The standard InChI is InChI=1S/C30H49NO6/c1-17(5-8-26(34)31-16-20(37-4)15-24(31)28(35)36)21-6-7-22-27-23(10-12-30(21,22)3)29(2)11-9-19(32)13-18(29)14-25(27)33/h17-25,27,32-33H,5-16H2,1-4H3,(H,35,36)/t17?,18?,19-,20+,21?,22+,23+,24-,25+,27+,29+,30-/m1/s1. The normalized spacial score (nSPS) is 48.2. The molecule has 0 spiro atoms. The maximum atomic E-state index is 13.1. The lowest BCUT2D eigenvalue weighted by Gasteiger charge is -2.62. The summed E-state index contributed by atoms with van der Waals surface area (Å²) in [5, 5.41) is 31.4. The van der Waals surface area contributed by atoms with Gasteiger partial charge in [-0.25, -0.2) is 4.79 Å². The number of ether oxygens (including phenoxy) is 1. The Labute approximate surface area is 222 Å². The monoisotopic (exact) mass is 519 g/mol. The van der Waals surface area contributed by atoms with E-state index in [0.717, 1.165) is 51.4 Å². The molecule has 0 aromatic heterocycles. The van der Waals surface area contributed by atoms with Gasteiger partial charge in [0.2, 0.25) is 5.91 Å². The summed E-state index contributed by atoms with van der Waals surface area (Å²) < 4.78 is 5.36. The minimum Gasteiger partial charge on any atom is -0.480 e. The fourth-order valence-corrected chi connectivity index (χ4v) is 10.3. The molecule has 37 heavy (non-hydrogen) atoms. The third kappa shape index (κ3) is 4.55. The Balaban J connectivity index is 1.25. The van der Waals surface area contributed by atoms with Crippen LogP contribution in [-0.4, -0.2) is 70.1 Å². The van der Waals surface area contributed by atoms with E-state index in [1.54, 1.807) is 7.11 Å². The van der Waals surface area contributed by atoms with Gasteiger partial charge in [0.1, 0.15) is 6.04 Å². The van der Waals surface area contributed by atoms with Gasteiger partial charge in [0.05, 0.1) is 18.3 Å². The second-order valence-corrected chi connectivity index (χ2v) is 14.0. The van der Waals surface area contributed by atoms with Crippen molar-refractivity contribution in [2.24, 2.45) is 46.3 Å². The molecule has 1 amide bonds. The Morgan fingerprint density at radius 2 is 1.70 bits per heavy atom. The molecular weight excluding hydrogens is 470 g/mol. The molecule has 210 valence electrons. The largest absolute Gasteiger partial charge is 0.480 e. The van der Waals surface area contributed by atoms with Crippen LogP contribution >= 0.6 is 0 Å². The van der Waals surface area contributed by atoms with E-state index in [4.69, 9.17) is 4.74 Å². The molecule has 4 aliphatic carbocycles. The van der Waals surface area contributed by atoms with Crippen LogP contribution in [0.3, 0.4) is 0 Å². The Hall–Kier alpha value is -1.18. The van der Waals surface area contributed by atoms with E-state index in [2.05, 4.69) is 20.8 Å². The van der Waals surface area contributed by atoms with Gasteiger partial charge in [-0.05, 0) is 104 Å². The number of carbonyl (C=O) groups is 2. The van der Waals surface area contributed by atoms with Crippen LogP contribution in [0.15, 0.2) is 0 Å². The number of hydrogen-bond donors (Lipinski definition) is 3. The van der Waals surface area contributed by atoms with Crippen LogP contribution in [0.1, 0.15) is 91.4 Å². The summed E-state index contributed by atoms with van der Waals surface area (Å²) in [6, 6.07) is -0.782. The van der Waals surface area contributed by atoms with E-state index < -0.39 is 12.0 Å². The van der Waals surface area contributed by atoms with Crippen LogP contribution in [0.5, 0.6) is 0 Å². The second kappa shape index (κ2) is 10.1. The highest BCUT2D eigenvalue weighted by Crippen LogP contribution is 2.68. The molecule has 7 nitrogen and oxygen atoms in total. The summed E-state index contributed by atoms with van der Waals surface area (Å²) in [7, 11) is 1.58. The van der Waals surface area contributed by atoms with E-state index >= 15 is 0 Å². The predicted molar refractivity (Wildman–Crippen MR) is 140 cm³/mol. The molecule has 5 fully saturated rings. The van der Waals surface area contributed by atoms with E-state index in [0.29, 0.717) is 54.9 Å². The Morgan fingerprint density at radius 1 is 1.00 bits per heavy atom. The van der Waals surface area contributed by atoms with E-state index in [1.807, 2.05) is 0 Å². The zero-order valence-corrected chi connectivity index (χ0v) is 23.3. The molecule has 1 saturated heterocycles. The van der Waals surface area contributed by atoms with Crippen LogP contribution < -0.4 is 0 Å². The first-order valence-corrected chi connectivity index (χ1v) is 14.9. The molecule has 1 heterocycles. The summed E-state index contributed by atoms with van der Waals surface area (Å²) in [6.45, 7) is 7.56. The fraction of sp³-hybridized carbons (Fsp3) is 0.933. The molecule has 3 N–H and O–H groups in total. The minimum atomic E-state index is -0.946. The third-order valence-corrected chi connectivity index (χ3v) is 12.4. The lowest BCUT2D eigenvalue weighted by atomic mass is 9.43. The van der Waals surface area contributed by atoms with E-state index in [9.17, 15) is 24.9 Å². The number of carboxylic acids is 1. The van der Waals surface area contributed by atoms with Gasteiger partial charge in [0.15, 0.2) is 0 Å². The Bertz CT molecular complexity index is 880. The van der Waals surface area contributed by atoms with Crippen LogP contribution in [0.25, 0.3) is 0 Å². The molecule has 0 radical (unpaired) electrons. The van der Waals surface area contributed by atoms with Crippen molar-refractivity contribution in [2.45, 2.75) is 116 Å². The fourth-order valence-electron chi connectivity index (χ4n) is 10.3. The summed E-state index contributed by atoms with van der Waals surface area (Å²) in [5.74, 6) is 1.73. The Morgan fingerprint density at radius 3 is 2.41 bits per heavy atom. The number of likely N-dealkylation sites (tertiary alicyclic amines) is 1. The molecule has 0 aromatic rings. The average Bonchev–Trinajstić information content (AvgIpc) is 3.45. The zero-order chi connectivity index (χ0) is 26.7. The van der Waals surface area contributed by atoms with Crippen molar-refractivity contribution in [3.8, 4) is 0 Å². The number of aliphatic hydroxyl groups is 2. The van der Waals surface area contributed by atoms with Gasteiger partial charge < -0.3 is 25.0 Å². The van der Waals surface area contributed by atoms with Crippen molar-refractivity contribution < 1.29 is 29.6 Å². The second-order valence-electron chi connectivity index (χ2n) is 14.0. The number of rotatable bonds is 6. The Kier molecular flexibility index (Phi) is 7.47. The van der Waals surface area contributed by atoms with Crippen molar-refractivity contribution in [3.05, 3.63) is 0 Å². The summed E-state index contributed by atoms with van der Waals surface area (Å²) in [5.41, 5.74) is 0.414. The number of amides is 1. The predicted octanol–water partition coefficient (Wildman–Crippen LogP) is 4.09. The van der Waals surface area contributed by atoms with Gasteiger partial charge in [-0.1, -0.05) is 20.8 Å². The minimum absolute atomic E-state index is 0.0663. The van der Waals surface area contributed by atoms with Crippen molar-refractivity contribution in [1.82, 2.24) is 4.90 Å². The lowest BCUT2D eigenvalue weighted by Crippen LogP contribution is -2.58. The van der Waals surface area contributed by atoms with Gasteiger partial charge in [0, 0.05) is 26.5 Å². The smallest absolute Gasteiger partial charge is 0.326 e. The van der Waals surface area contributed by atoms with Gasteiger partial charge in [-0.3, -0.25) is 4.79 Å². The first-order chi connectivity index (χ1) is 17.5. The molecule has 0 bridgehead atoms. The van der Waals surface area contributed by atoms with Crippen molar-refractivity contribution >= 4 is 11.9 Å². The molecule has 1 aliphatic heterocycles. The molecule has 7 heteroatoms. The highest BCUT2D eigenvalue weighted by Gasteiger charge is 2.62. The van der Waals surface area contributed by atoms with Gasteiger partial charge in [-0.15, -0.1) is 0 Å². The zero-order valence-electron chi connectivity index (χ0n) is 23.3. The average molecular weight is 520 g/mol. The SMILES string of the molecule is CO[C@H]1C[C@H](C(=O)O)N(C(=O)CCC(C)C2CC[C@H]3[C@@H]4[C@@H](O)CC5C[C@H](O)CC[C@]5(C)[C@H]4CC[C@]23C)C1. The molecule has 4 saturated carbocycles. The number of hydrogen-bond acceptors (Lipinski definition) is 5. The summed E-state index contributed by atoms with van der Waals surface area (Å²) in [6.07, 6.45) is 9.14. The van der Waals surface area contributed by atoms with Crippen LogP contribution in [-0.2, 0) is 14.3 Å². The van der Waals surface area contributed by atoms with Gasteiger partial charge in [-0.2, -0.15) is 0 Å². The number of carbonyl (C=O) groups excluding carboxylic acids is 1. The number of nitrogens with zero attached hydrogens (tertiary/aromatic N) is 1. The van der Waals surface area contributed by atoms with Crippen molar-refractivity contribution in [1.29, 1.82) is 0 Å². The molecule has 3 unspecified atom stereocenters. The van der Waals surface area contributed by atoms with Crippen LogP contribution in [0, 0.1) is 46.3 Å². The lowest BCUT2D eigenvalue weighted by molar-refractivity contribution is -0.174. The summed E-state index contributed by atoms with van der Waals surface area (Å²) >= 11 is 0. The van der Waals surface area contributed by atoms with E-state index in [1.165, 1.54) is 11.3 Å². The van der Waals surface area contributed by atoms with E-state index in [-0.39, 0.29) is 35.0 Å². The molecule has 12 atom stereocenters. The van der Waals surface area contributed by atoms with Gasteiger partial charge >= 0.3 is 5.97 Å². The van der Waals surface area contributed by atoms with Crippen molar-refractivity contribution in [3.63, 3.8) is 0 Å². The van der Waals surface area contributed by atoms with Crippen molar-refractivity contribution in [2.75, 3.05) is 13.7 Å². The first kappa shape index (κ1) is 27.4. The first-order valence-electron chi connectivity index (χ1n) is 14.9. The van der Waals surface area contributed by atoms with Gasteiger partial charge in [0.25, 0.3) is 0 Å². The number of methoxy groups -OCH3 is 1. The molecule has 5 rings (SSSR count). The number of aliphatic hydroxyl groups excluding tert-OH is 2. The molecule has 5 aliphatic rings. The quantitative estimate of drug-likeness (QED) is 0.488. The molecular formula is C30H49NO6. The maximum Gasteiger partial charge on any atom is 0.326 e. The number of aliphatic carboxylic acids is 1. The maximum absolute atomic E-state index is 13.1. The highest BCUT2D eigenvalue weighted by atomic mass is 16.5. The third-order valence-electron chi connectivity index (χ3n) is 12.4. The molecule has 0 aromatic carbocycles. The topological polar surface area (TPSA) is 107 Å². The highest BCUT2D eigenvalue weighted by molar-refractivity contribution is 5.84. The van der Waals surface area contributed by atoms with Crippen LogP contribution in [0.2, 0.25) is 0 Å².